The molecule has 3 aromatic rings. The second kappa shape index (κ2) is 5.32. The molecule has 1 atom stereocenters. The lowest BCUT2D eigenvalue weighted by atomic mass is 9.84. The van der Waals surface area contributed by atoms with E-state index in [1.54, 1.807) is 12.1 Å². The van der Waals surface area contributed by atoms with E-state index in [0.717, 1.165) is 4.90 Å². The first-order chi connectivity index (χ1) is 12.7. The maximum atomic E-state index is 13.2. The third-order valence-corrected chi connectivity index (χ3v) is 4.89. The van der Waals surface area contributed by atoms with Gasteiger partial charge < -0.3 is 14.5 Å². The van der Waals surface area contributed by atoms with Crippen LogP contribution in [0.15, 0.2) is 52.9 Å². The van der Waals surface area contributed by atoms with Crippen LogP contribution in [0.1, 0.15) is 17.9 Å². The van der Waals surface area contributed by atoms with Crippen LogP contribution in [0.3, 0.4) is 0 Å². The highest BCUT2D eigenvalue weighted by Gasteiger charge is 2.55. The van der Waals surface area contributed by atoms with E-state index in [4.69, 9.17) is 9.15 Å². The highest BCUT2D eigenvalue weighted by atomic mass is 16.5. The Bertz CT molecular complexity index is 1010. The van der Waals surface area contributed by atoms with Crippen molar-refractivity contribution in [2.75, 3.05) is 6.61 Å². The van der Waals surface area contributed by atoms with Crippen LogP contribution in [0.25, 0.3) is 11.1 Å². The number of hydrogen-bond donors (Lipinski definition) is 1. The first kappa shape index (κ1) is 14.9. The molecule has 2 aliphatic heterocycles. The van der Waals surface area contributed by atoms with Gasteiger partial charge in [0.1, 0.15) is 17.8 Å². The minimum atomic E-state index is -1.09. The molecule has 3 heterocycles. The number of carbonyl (C=O) groups excluding carboxylic acids is 2. The van der Waals surface area contributed by atoms with Gasteiger partial charge in [-0.1, -0.05) is 30.3 Å². The Kier molecular flexibility index (Phi) is 3.06. The zero-order chi connectivity index (χ0) is 17.7. The van der Waals surface area contributed by atoms with E-state index in [-0.39, 0.29) is 12.5 Å². The molecule has 0 aliphatic carbocycles. The quantitative estimate of drug-likeness (QED) is 0.719. The molecule has 1 saturated heterocycles. The van der Waals surface area contributed by atoms with E-state index in [0.29, 0.717) is 41.3 Å². The lowest BCUT2D eigenvalue weighted by Gasteiger charge is -2.33. The van der Waals surface area contributed by atoms with Crippen molar-refractivity contribution in [2.45, 2.75) is 18.5 Å². The van der Waals surface area contributed by atoms with Gasteiger partial charge in [-0.15, -0.1) is 0 Å². The molecule has 0 radical (unpaired) electrons. The molecule has 1 spiro atoms. The third-order valence-electron chi connectivity index (χ3n) is 4.89. The summed E-state index contributed by atoms with van der Waals surface area (Å²) in [7, 11) is 0. The van der Waals surface area contributed by atoms with Crippen LogP contribution < -0.4 is 10.1 Å². The molecule has 2 aliphatic rings. The van der Waals surface area contributed by atoms with Crippen molar-refractivity contribution in [1.82, 2.24) is 15.2 Å². The Balaban J connectivity index is 1.51. The summed E-state index contributed by atoms with van der Waals surface area (Å²) in [6.07, 6.45) is 0.388. The smallest absolute Gasteiger partial charge is 0.325 e. The number of oxazole rings is 1. The molecule has 5 rings (SSSR count). The van der Waals surface area contributed by atoms with E-state index in [1.807, 2.05) is 36.4 Å². The topological polar surface area (TPSA) is 84.7 Å². The van der Waals surface area contributed by atoms with E-state index >= 15 is 0 Å². The standard InChI is InChI=1S/C19H15N3O4/c23-17-19(9-10-25-14-7-3-1-5-12(14)19)21-18(24)22(17)11-16-20-13-6-2-4-8-15(13)26-16/h1-8H,9-11H2,(H,21,24)/t19-/m1/s1. The molecule has 0 saturated carbocycles. The van der Waals surface area contributed by atoms with Crippen molar-refractivity contribution in [3.05, 3.63) is 60.0 Å². The monoisotopic (exact) mass is 349 g/mol. The van der Waals surface area contributed by atoms with Gasteiger partial charge in [0, 0.05) is 12.0 Å². The number of urea groups is 1. The van der Waals surface area contributed by atoms with Crippen molar-refractivity contribution in [3.63, 3.8) is 0 Å². The predicted molar refractivity (Wildman–Crippen MR) is 91.3 cm³/mol. The van der Waals surface area contributed by atoms with Gasteiger partial charge in [-0.2, -0.15) is 0 Å². The van der Waals surface area contributed by atoms with Crippen molar-refractivity contribution in [2.24, 2.45) is 0 Å². The Morgan fingerprint density at radius 1 is 1.12 bits per heavy atom. The fourth-order valence-electron chi connectivity index (χ4n) is 3.64. The maximum absolute atomic E-state index is 13.2. The number of amides is 3. The normalized spacial score (nSPS) is 21.8. The van der Waals surface area contributed by atoms with E-state index in [2.05, 4.69) is 10.3 Å². The minimum absolute atomic E-state index is 0.00980. The van der Waals surface area contributed by atoms with Gasteiger partial charge in [0.05, 0.1) is 6.61 Å². The van der Waals surface area contributed by atoms with Crippen LogP contribution >= 0.6 is 0 Å². The fraction of sp³-hybridized carbons (Fsp3) is 0.211. The number of hydrogen-bond acceptors (Lipinski definition) is 5. The van der Waals surface area contributed by atoms with Crippen LogP contribution in [0.4, 0.5) is 4.79 Å². The first-order valence-electron chi connectivity index (χ1n) is 8.38. The number of rotatable bonds is 2. The second-order valence-electron chi connectivity index (χ2n) is 6.40. The first-order valence-corrected chi connectivity index (χ1v) is 8.38. The van der Waals surface area contributed by atoms with Crippen molar-refractivity contribution in [3.8, 4) is 5.75 Å². The molecule has 1 N–H and O–H groups in total. The maximum Gasteiger partial charge on any atom is 0.325 e. The van der Waals surface area contributed by atoms with Crippen molar-refractivity contribution >= 4 is 23.0 Å². The summed E-state index contributed by atoms with van der Waals surface area (Å²) in [5.41, 5.74) is 0.920. The highest BCUT2D eigenvalue weighted by Crippen LogP contribution is 2.41. The van der Waals surface area contributed by atoms with Crippen molar-refractivity contribution in [1.29, 1.82) is 0 Å². The molecule has 3 amide bonds. The van der Waals surface area contributed by atoms with Crippen LogP contribution in [0.2, 0.25) is 0 Å². The molecule has 0 unspecified atom stereocenters. The van der Waals surface area contributed by atoms with E-state index < -0.39 is 11.6 Å². The summed E-state index contributed by atoms with van der Waals surface area (Å²) < 4.78 is 11.3. The predicted octanol–water partition coefficient (Wildman–Crippen LogP) is 2.56. The Hall–Kier alpha value is -3.35. The van der Waals surface area contributed by atoms with Gasteiger partial charge in [-0.05, 0) is 18.2 Å². The van der Waals surface area contributed by atoms with Gasteiger partial charge >= 0.3 is 6.03 Å². The molecule has 0 bridgehead atoms. The largest absolute Gasteiger partial charge is 0.493 e. The zero-order valence-electron chi connectivity index (χ0n) is 13.8. The zero-order valence-corrected chi connectivity index (χ0v) is 13.8. The highest BCUT2D eigenvalue weighted by molar-refractivity contribution is 6.07. The van der Waals surface area contributed by atoms with Gasteiger partial charge in [0.15, 0.2) is 11.1 Å². The number of nitrogens with zero attached hydrogens (tertiary/aromatic N) is 2. The summed E-state index contributed by atoms with van der Waals surface area (Å²) in [6, 6.07) is 14.2. The van der Waals surface area contributed by atoms with Crippen LogP contribution in [-0.2, 0) is 16.9 Å². The lowest BCUT2D eigenvalue weighted by molar-refractivity contribution is -0.133. The summed E-state index contributed by atoms with van der Waals surface area (Å²) >= 11 is 0. The average molecular weight is 349 g/mol. The molecule has 1 aromatic heterocycles. The SMILES string of the molecule is O=C1N[C@@]2(CCOc3ccccc32)C(=O)N1Cc1nc2ccccc2o1. The molecule has 1 fully saturated rings. The molecule has 130 valence electrons. The number of fused-ring (bicyclic) bond motifs is 3. The third kappa shape index (κ3) is 2.03. The Morgan fingerprint density at radius 3 is 2.81 bits per heavy atom. The van der Waals surface area contributed by atoms with Crippen molar-refractivity contribution < 1.29 is 18.7 Å². The van der Waals surface area contributed by atoms with E-state index in [1.165, 1.54) is 0 Å². The van der Waals surface area contributed by atoms with E-state index in [9.17, 15) is 9.59 Å². The van der Waals surface area contributed by atoms with Gasteiger partial charge in [0.25, 0.3) is 5.91 Å². The van der Waals surface area contributed by atoms with Crippen LogP contribution in [-0.4, -0.2) is 28.4 Å². The fourth-order valence-corrected chi connectivity index (χ4v) is 3.64. The molecule has 26 heavy (non-hydrogen) atoms. The number of imide groups is 1. The number of benzene rings is 2. The summed E-state index contributed by atoms with van der Waals surface area (Å²) in [4.78, 5) is 31.3. The molecular formula is C19H15N3O4. The van der Waals surface area contributed by atoms with Gasteiger partial charge in [0.2, 0.25) is 5.89 Å². The number of aromatic nitrogens is 1. The van der Waals surface area contributed by atoms with Gasteiger partial charge in [-0.25, -0.2) is 9.78 Å². The number of nitrogens with one attached hydrogen (secondary N) is 1. The van der Waals surface area contributed by atoms with Crippen LogP contribution in [0, 0.1) is 0 Å². The molecule has 2 aromatic carbocycles. The average Bonchev–Trinajstić information content (AvgIpc) is 3.17. The van der Waals surface area contributed by atoms with Crippen LogP contribution in [0.5, 0.6) is 5.75 Å². The molecular weight excluding hydrogens is 334 g/mol. The molecule has 7 nitrogen and oxygen atoms in total. The Labute approximate surface area is 148 Å². The second-order valence-corrected chi connectivity index (χ2v) is 6.40. The lowest BCUT2D eigenvalue weighted by Crippen LogP contribution is -2.47. The summed E-state index contributed by atoms with van der Waals surface area (Å²) in [5, 5.41) is 2.87. The van der Waals surface area contributed by atoms with Gasteiger partial charge in [-0.3, -0.25) is 9.69 Å². The number of ether oxygens (including phenoxy) is 1. The number of carbonyl (C=O) groups is 2. The minimum Gasteiger partial charge on any atom is -0.493 e. The summed E-state index contributed by atoms with van der Waals surface area (Å²) in [5.74, 6) is 0.642. The molecule has 7 heteroatoms. The summed E-state index contributed by atoms with van der Waals surface area (Å²) in [6.45, 7) is 0.351. The number of para-hydroxylation sites is 3. The Morgan fingerprint density at radius 2 is 1.92 bits per heavy atom.